The van der Waals surface area contributed by atoms with Crippen LogP contribution in [0.4, 0.5) is 0 Å². The molecule has 0 aliphatic heterocycles. The molecule has 0 radical (unpaired) electrons. The minimum Gasteiger partial charge on any atom is -0.395 e. The van der Waals surface area contributed by atoms with Gasteiger partial charge >= 0.3 is 0 Å². The summed E-state index contributed by atoms with van der Waals surface area (Å²) in [5, 5.41) is 8.02. The molecule has 0 aliphatic carbocycles. The Bertz CT molecular complexity index is 24.8. The number of nitrogens with two attached hydrogens (primary N) is 1. The van der Waals surface area contributed by atoms with Crippen LogP contribution in [-0.4, -0.2) is 17.8 Å². The minimum absolute atomic E-state index is 0. The van der Waals surface area contributed by atoms with Crippen LogP contribution in [0.3, 0.4) is 0 Å². The van der Waals surface area contributed by atoms with Crippen molar-refractivity contribution in [1.29, 1.82) is 0 Å². The Kier molecular flexibility index (Phi) is 8.26. The Morgan fingerprint density at radius 3 is 2.00 bits per heavy atom. The van der Waals surface area contributed by atoms with Crippen LogP contribution < -0.4 is 5.73 Å². The van der Waals surface area contributed by atoms with Crippen LogP contribution in [0.5, 0.6) is 0 Å². The first-order valence-corrected chi connectivity index (χ1v) is 1.64. The molecule has 2 nitrogen and oxygen atoms in total. The number of hydrogen-bond acceptors (Lipinski definition) is 2. The van der Waals surface area contributed by atoms with Crippen molar-refractivity contribution in [2.24, 2.45) is 5.73 Å². The first kappa shape index (κ1) is 9.51. The highest BCUT2D eigenvalue weighted by molar-refractivity contribution is 5.85. The third-order valence-electron chi connectivity index (χ3n) is 0.288. The Morgan fingerprint density at radius 2 is 2.00 bits per heavy atom. The molecule has 0 rings (SSSR count). The summed E-state index contributed by atoms with van der Waals surface area (Å²) in [6, 6.07) is -0.0602. The van der Waals surface area contributed by atoms with E-state index in [4.69, 9.17) is 10.8 Å². The zero-order chi connectivity index (χ0) is 4.28. The van der Waals surface area contributed by atoms with Gasteiger partial charge in [-0.3, -0.25) is 0 Å². The third-order valence-corrected chi connectivity index (χ3v) is 0.288. The summed E-state index contributed by atoms with van der Waals surface area (Å²) in [4.78, 5) is 0. The summed E-state index contributed by atoms with van der Waals surface area (Å²) in [6.45, 7) is 1.83. The van der Waals surface area contributed by atoms with Crippen molar-refractivity contribution in [3.05, 3.63) is 0 Å². The zero-order valence-corrected chi connectivity index (χ0v) is 4.53. The van der Waals surface area contributed by atoms with Crippen molar-refractivity contribution < 1.29 is 5.11 Å². The van der Waals surface area contributed by atoms with Gasteiger partial charge in [-0.2, -0.15) is 0 Å². The van der Waals surface area contributed by atoms with E-state index < -0.39 is 0 Å². The Labute approximate surface area is 43.8 Å². The van der Waals surface area contributed by atoms with E-state index in [-0.39, 0.29) is 25.1 Å². The van der Waals surface area contributed by atoms with E-state index in [1.54, 1.807) is 6.92 Å². The first-order chi connectivity index (χ1) is 2.27. The van der Waals surface area contributed by atoms with Crippen LogP contribution in [0.2, 0.25) is 0 Å². The molecule has 0 aromatic carbocycles. The molecule has 0 amide bonds. The van der Waals surface area contributed by atoms with Gasteiger partial charge in [0.15, 0.2) is 0 Å². The summed E-state index contributed by atoms with van der Waals surface area (Å²) in [7, 11) is 0. The lowest BCUT2D eigenvalue weighted by Gasteiger charge is -1.91. The monoisotopic (exact) mass is 111 g/mol. The van der Waals surface area contributed by atoms with Crippen LogP contribution >= 0.6 is 12.4 Å². The van der Waals surface area contributed by atoms with E-state index in [2.05, 4.69) is 0 Å². The van der Waals surface area contributed by atoms with Crippen LogP contribution in [0.25, 0.3) is 0 Å². The van der Waals surface area contributed by atoms with Gasteiger partial charge in [-0.25, -0.2) is 0 Å². The molecule has 1 atom stereocenters. The van der Waals surface area contributed by atoms with E-state index in [0.717, 1.165) is 0 Å². The normalized spacial score (nSPS) is 12.5. The van der Waals surface area contributed by atoms with Crippen molar-refractivity contribution in [2.45, 2.75) is 13.0 Å². The van der Waals surface area contributed by atoms with Crippen molar-refractivity contribution >= 4 is 12.4 Å². The highest BCUT2D eigenvalue weighted by Gasteiger charge is 1.81. The molecule has 3 heteroatoms. The van der Waals surface area contributed by atoms with Gasteiger partial charge < -0.3 is 10.8 Å². The van der Waals surface area contributed by atoms with E-state index in [1.807, 2.05) is 0 Å². The summed E-state index contributed by atoms with van der Waals surface area (Å²) < 4.78 is 0. The number of hydrogen-bond donors (Lipinski definition) is 2. The predicted octanol–water partition coefficient (Wildman–Crippen LogP) is -0.252. The molecule has 0 aliphatic rings. The second-order valence-electron chi connectivity index (χ2n) is 1.16. The average Bonchev–Trinajstić information content (AvgIpc) is 1.38. The largest absolute Gasteiger partial charge is 0.395 e. The van der Waals surface area contributed by atoms with Gasteiger partial charge in [0.2, 0.25) is 0 Å². The standard InChI is InChI=1S/C3H9NO.ClH/c1-3(4)2-5;/h3,5H,2,4H2,1H3;1H/t3-;/m0./s1. The second-order valence-corrected chi connectivity index (χ2v) is 1.16. The summed E-state index contributed by atoms with van der Waals surface area (Å²) in [5.74, 6) is 0. The van der Waals surface area contributed by atoms with Crippen molar-refractivity contribution in [1.82, 2.24) is 0 Å². The maximum atomic E-state index is 8.02. The third kappa shape index (κ3) is 8.88. The molecule has 0 fully saturated rings. The van der Waals surface area contributed by atoms with Crippen LogP contribution in [0, 0.1) is 0 Å². The minimum atomic E-state index is -0.0602. The number of aliphatic hydroxyl groups excluding tert-OH is 1. The van der Waals surface area contributed by atoms with Gasteiger partial charge in [-0.15, -0.1) is 12.4 Å². The van der Waals surface area contributed by atoms with Crippen molar-refractivity contribution in [2.75, 3.05) is 6.61 Å². The lowest BCUT2D eigenvalue weighted by atomic mass is 10.4. The van der Waals surface area contributed by atoms with Gasteiger partial charge in [0.1, 0.15) is 0 Å². The van der Waals surface area contributed by atoms with Crippen LogP contribution in [0.15, 0.2) is 0 Å². The Hall–Kier alpha value is 0.210. The number of rotatable bonds is 1. The second kappa shape index (κ2) is 5.21. The molecule has 40 valence electrons. The highest BCUT2D eigenvalue weighted by atomic mass is 35.5. The molecule has 0 aromatic rings. The van der Waals surface area contributed by atoms with Gasteiger partial charge in [0.25, 0.3) is 0 Å². The molecular weight excluding hydrogens is 101 g/mol. The van der Waals surface area contributed by atoms with Gasteiger partial charge in [-0.05, 0) is 6.92 Å². The summed E-state index contributed by atoms with van der Waals surface area (Å²) in [5.41, 5.74) is 5.04. The quantitative estimate of drug-likeness (QED) is 0.490. The van der Waals surface area contributed by atoms with Gasteiger partial charge in [0.05, 0.1) is 6.61 Å². The summed E-state index contributed by atoms with van der Waals surface area (Å²) >= 11 is 0. The molecule has 0 heterocycles. The fraction of sp³-hybridized carbons (Fsp3) is 1.00. The maximum Gasteiger partial charge on any atom is 0.0579 e. The molecule has 0 saturated heterocycles. The topological polar surface area (TPSA) is 46.2 Å². The predicted molar refractivity (Wildman–Crippen MR) is 28.0 cm³/mol. The summed E-state index contributed by atoms with van der Waals surface area (Å²) in [6.07, 6.45) is 0. The van der Waals surface area contributed by atoms with Crippen LogP contribution in [0.1, 0.15) is 6.92 Å². The van der Waals surface area contributed by atoms with E-state index in [0.29, 0.717) is 0 Å². The number of aliphatic hydroxyl groups is 1. The Morgan fingerprint density at radius 1 is 1.83 bits per heavy atom. The lowest BCUT2D eigenvalue weighted by Crippen LogP contribution is -2.18. The van der Waals surface area contributed by atoms with E-state index >= 15 is 0 Å². The molecule has 0 saturated carbocycles. The first-order valence-electron chi connectivity index (χ1n) is 1.64. The molecular formula is C3H10ClNO. The molecule has 0 aromatic heterocycles. The van der Waals surface area contributed by atoms with Gasteiger partial charge in [0, 0.05) is 6.04 Å². The zero-order valence-electron chi connectivity index (χ0n) is 3.72. The molecule has 3 N–H and O–H groups in total. The van der Waals surface area contributed by atoms with E-state index in [1.165, 1.54) is 0 Å². The molecule has 0 spiro atoms. The van der Waals surface area contributed by atoms with Gasteiger partial charge in [-0.1, -0.05) is 0 Å². The maximum absolute atomic E-state index is 8.02. The molecule has 0 unspecified atom stereocenters. The van der Waals surface area contributed by atoms with E-state index in [9.17, 15) is 0 Å². The highest BCUT2D eigenvalue weighted by Crippen LogP contribution is 1.62. The molecule has 6 heavy (non-hydrogen) atoms. The molecule has 0 bridgehead atoms. The average molecular weight is 112 g/mol. The SMILES string of the molecule is C[C@H](N)CO.Cl. The lowest BCUT2D eigenvalue weighted by molar-refractivity contribution is 0.273. The van der Waals surface area contributed by atoms with Crippen LogP contribution in [-0.2, 0) is 0 Å². The number of halogens is 1. The van der Waals surface area contributed by atoms with Crippen molar-refractivity contribution in [3.63, 3.8) is 0 Å². The van der Waals surface area contributed by atoms with Crippen molar-refractivity contribution in [3.8, 4) is 0 Å². The fourth-order valence-electron chi connectivity index (χ4n) is 0. The smallest absolute Gasteiger partial charge is 0.0579 e. The Balaban J connectivity index is 0. The fourth-order valence-corrected chi connectivity index (χ4v) is 0.